The van der Waals surface area contributed by atoms with Crippen LogP contribution in [0.4, 0.5) is 4.79 Å². The maximum atomic E-state index is 11.7. The molecule has 1 aliphatic rings. The van der Waals surface area contributed by atoms with Crippen LogP contribution in [0.25, 0.3) is 0 Å². The van der Waals surface area contributed by atoms with E-state index in [-0.39, 0.29) is 6.61 Å². The highest BCUT2D eigenvalue weighted by molar-refractivity contribution is 5.68. The summed E-state index contributed by atoms with van der Waals surface area (Å²) in [5.74, 6) is 0. The Morgan fingerprint density at radius 3 is 2.88 bits per heavy atom. The van der Waals surface area contributed by atoms with Gasteiger partial charge >= 0.3 is 6.09 Å². The lowest BCUT2D eigenvalue weighted by atomic mass is 10.2. The summed E-state index contributed by atoms with van der Waals surface area (Å²) < 4.78 is 5.16. The van der Waals surface area contributed by atoms with Gasteiger partial charge in [0.15, 0.2) is 0 Å². The highest BCUT2D eigenvalue weighted by atomic mass is 16.6. The molecule has 4 heteroatoms. The van der Waals surface area contributed by atoms with E-state index in [9.17, 15) is 9.90 Å². The van der Waals surface area contributed by atoms with E-state index in [2.05, 4.69) is 0 Å². The van der Waals surface area contributed by atoms with Crippen molar-refractivity contribution in [1.29, 1.82) is 0 Å². The molecule has 4 nitrogen and oxygen atoms in total. The average Bonchev–Trinajstić information content (AvgIpc) is 2.37. The molecule has 0 fully saturated rings. The van der Waals surface area contributed by atoms with Crippen LogP contribution in [-0.4, -0.2) is 35.3 Å². The van der Waals surface area contributed by atoms with Crippen molar-refractivity contribution in [3.63, 3.8) is 0 Å². The molecule has 0 saturated carbocycles. The Bertz CT molecular complexity index is 402. The van der Waals surface area contributed by atoms with Crippen molar-refractivity contribution in [2.75, 3.05) is 13.1 Å². The highest BCUT2D eigenvalue weighted by Crippen LogP contribution is 2.07. The van der Waals surface area contributed by atoms with E-state index < -0.39 is 12.2 Å². The number of β-amino-alcohol motifs (C(OH)–C–C–N with tert-alkyl or cyclic N) is 1. The highest BCUT2D eigenvalue weighted by Gasteiger charge is 2.19. The number of hydrogen-bond acceptors (Lipinski definition) is 3. The van der Waals surface area contributed by atoms with E-state index >= 15 is 0 Å². The first kappa shape index (κ1) is 11.7. The predicted octanol–water partition coefficient (Wildman–Crippen LogP) is 1.56. The molecule has 0 aromatic heterocycles. The van der Waals surface area contributed by atoms with Gasteiger partial charge < -0.3 is 14.7 Å². The fraction of sp³-hybridized carbons (Fsp3) is 0.308. The lowest BCUT2D eigenvalue weighted by molar-refractivity contribution is 0.0796. The molecule has 1 amide bonds. The van der Waals surface area contributed by atoms with Crippen molar-refractivity contribution < 1.29 is 14.6 Å². The molecule has 0 radical (unpaired) electrons. The van der Waals surface area contributed by atoms with Gasteiger partial charge in [0, 0.05) is 6.54 Å². The number of nitrogens with zero attached hydrogens (tertiary/aromatic N) is 1. The van der Waals surface area contributed by atoms with E-state index in [0.29, 0.717) is 13.1 Å². The molecule has 2 rings (SSSR count). The van der Waals surface area contributed by atoms with E-state index in [4.69, 9.17) is 4.74 Å². The number of amides is 1. The Morgan fingerprint density at radius 2 is 2.18 bits per heavy atom. The van der Waals surface area contributed by atoms with Gasteiger partial charge in [0.25, 0.3) is 0 Å². The SMILES string of the molecule is O=C(OCc1ccccc1)N1CC=CC(O)C1. The second-order valence-corrected chi connectivity index (χ2v) is 3.94. The smallest absolute Gasteiger partial charge is 0.410 e. The number of carbonyl (C=O) groups excluding carboxylic acids is 1. The summed E-state index contributed by atoms with van der Waals surface area (Å²) in [5, 5.41) is 9.38. The van der Waals surface area contributed by atoms with Gasteiger partial charge in [0.2, 0.25) is 0 Å². The molecule has 1 aliphatic heterocycles. The largest absolute Gasteiger partial charge is 0.445 e. The number of carbonyl (C=O) groups is 1. The average molecular weight is 233 g/mol. The van der Waals surface area contributed by atoms with Crippen molar-refractivity contribution in [3.05, 3.63) is 48.0 Å². The Labute approximate surface area is 100 Å². The third kappa shape index (κ3) is 3.32. The molecule has 0 saturated heterocycles. The van der Waals surface area contributed by atoms with Crippen LogP contribution < -0.4 is 0 Å². The number of rotatable bonds is 2. The van der Waals surface area contributed by atoms with E-state index in [1.807, 2.05) is 30.3 Å². The first-order valence-corrected chi connectivity index (χ1v) is 5.56. The second-order valence-electron chi connectivity index (χ2n) is 3.94. The van der Waals surface area contributed by atoms with Crippen LogP contribution in [0.1, 0.15) is 5.56 Å². The van der Waals surface area contributed by atoms with Crippen LogP contribution in [0.3, 0.4) is 0 Å². The number of aliphatic hydroxyl groups is 1. The molecule has 0 aliphatic carbocycles. The monoisotopic (exact) mass is 233 g/mol. The summed E-state index contributed by atoms with van der Waals surface area (Å²) in [7, 11) is 0. The Kier molecular flexibility index (Phi) is 3.77. The number of hydrogen-bond donors (Lipinski definition) is 1. The van der Waals surface area contributed by atoms with Crippen LogP contribution in [0, 0.1) is 0 Å². The zero-order valence-corrected chi connectivity index (χ0v) is 9.45. The summed E-state index contributed by atoms with van der Waals surface area (Å²) in [5.41, 5.74) is 0.953. The van der Waals surface area contributed by atoms with Crippen LogP contribution in [0.2, 0.25) is 0 Å². The van der Waals surface area contributed by atoms with Crippen molar-refractivity contribution >= 4 is 6.09 Å². The third-order valence-corrected chi connectivity index (χ3v) is 2.55. The van der Waals surface area contributed by atoms with Gasteiger partial charge in [-0.1, -0.05) is 42.5 Å². The second kappa shape index (κ2) is 5.50. The Hall–Kier alpha value is -1.81. The predicted molar refractivity (Wildman–Crippen MR) is 63.3 cm³/mol. The molecule has 1 atom stereocenters. The maximum Gasteiger partial charge on any atom is 0.410 e. The van der Waals surface area contributed by atoms with Crippen molar-refractivity contribution in [2.24, 2.45) is 0 Å². The third-order valence-electron chi connectivity index (χ3n) is 2.55. The van der Waals surface area contributed by atoms with Crippen molar-refractivity contribution in [2.45, 2.75) is 12.7 Å². The van der Waals surface area contributed by atoms with Gasteiger partial charge in [0.1, 0.15) is 6.61 Å². The fourth-order valence-corrected chi connectivity index (χ4v) is 1.67. The normalized spacial score (nSPS) is 19.1. The molecule has 0 spiro atoms. The van der Waals surface area contributed by atoms with Gasteiger partial charge in [-0.15, -0.1) is 0 Å². The van der Waals surface area contributed by atoms with Gasteiger partial charge in [-0.3, -0.25) is 0 Å². The zero-order valence-electron chi connectivity index (χ0n) is 9.45. The molecule has 0 bridgehead atoms. The van der Waals surface area contributed by atoms with E-state index in [1.54, 1.807) is 12.2 Å². The zero-order chi connectivity index (χ0) is 12.1. The van der Waals surface area contributed by atoms with Crippen LogP contribution in [0.5, 0.6) is 0 Å². The minimum Gasteiger partial charge on any atom is -0.445 e. The minimum atomic E-state index is -0.590. The van der Waals surface area contributed by atoms with Gasteiger partial charge in [0.05, 0.1) is 12.6 Å². The molecule has 1 unspecified atom stereocenters. The Balaban J connectivity index is 1.84. The van der Waals surface area contributed by atoms with E-state index in [1.165, 1.54) is 4.90 Å². The summed E-state index contributed by atoms with van der Waals surface area (Å²) in [4.78, 5) is 13.2. The molecule has 90 valence electrons. The van der Waals surface area contributed by atoms with E-state index in [0.717, 1.165) is 5.56 Å². The van der Waals surface area contributed by atoms with Gasteiger partial charge in [-0.05, 0) is 5.56 Å². The van der Waals surface area contributed by atoms with Crippen LogP contribution in [-0.2, 0) is 11.3 Å². The molecular weight excluding hydrogens is 218 g/mol. The number of aliphatic hydroxyl groups excluding tert-OH is 1. The lowest BCUT2D eigenvalue weighted by Gasteiger charge is -2.25. The van der Waals surface area contributed by atoms with Gasteiger partial charge in [-0.2, -0.15) is 0 Å². The Morgan fingerprint density at radius 1 is 1.41 bits per heavy atom. The molecular formula is C13H15NO3. The summed E-state index contributed by atoms with van der Waals surface area (Å²) in [6.45, 7) is 1.05. The van der Waals surface area contributed by atoms with Crippen LogP contribution >= 0.6 is 0 Å². The molecule has 1 aromatic rings. The van der Waals surface area contributed by atoms with Crippen LogP contribution in [0.15, 0.2) is 42.5 Å². The molecule has 1 heterocycles. The topological polar surface area (TPSA) is 49.8 Å². The quantitative estimate of drug-likeness (QED) is 0.788. The van der Waals surface area contributed by atoms with Gasteiger partial charge in [-0.25, -0.2) is 4.79 Å². The van der Waals surface area contributed by atoms with Crippen molar-refractivity contribution in [3.8, 4) is 0 Å². The summed E-state index contributed by atoms with van der Waals surface area (Å²) >= 11 is 0. The summed E-state index contributed by atoms with van der Waals surface area (Å²) in [6, 6.07) is 9.51. The lowest BCUT2D eigenvalue weighted by Crippen LogP contribution is -2.39. The summed E-state index contributed by atoms with van der Waals surface area (Å²) in [6.07, 6.45) is 2.46. The number of benzene rings is 1. The maximum absolute atomic E-state index is 11.7. The van der Waals surface area contributed by atoms with Crippen molar-refractivity contribution in [1.82, 2.24) is 4.90 Å². The first-order valence-electron chi connectivity index (χ1n) is 5.56. The molecule has 1 N–H and O–H groups in total. The first-order chi connectivity index (χ1) is 8.25. The fourth-order valence-electron chi connectivity index (χ4n) is 1.67. The molecule has 17 heavy (non-hydrogen) atoms. The standard InChI is InChI=1S/C13H15NO3/c15-12-7-4-8-14(9-12)13(16)17-10-11-5-2-1-3-6-11/h1-7,12,15H,8-10H2. The minimum absolute atomic E-state index is 0.260. The molecule has 1 aromatic carbocycles. The number of ether oxygens (including phenoxy) is 1.